The maximum atomic E-state index is 4.68. The van der Waals surface area contributed by atoms with Crippen LogP contribution < -0.4 is 4.48 Å². The van der Waals surface area contributed by atoms with E-state index in [2.05, 4.69) is 44.5 Å². The standard InChI is InChI=1S/C16H25N2.HI/c1-18(2,3)16-8-7-14(11-17-16)15-10-12-5-4-6-13(15)9-12;/h7-8,11-13,15H,4-6,9-10H2,1-3H3;1H/q+1;. The van der Waals surface area contributed by atoms with Gasteiger partial charge in [0.1, 0.15) is 0 Å². The number of hydrogen-bond donors (Lipinski definition) is 0. The average molecular weight is 373 g/mol. The Bertz CT molecular complexity index is 421. The molecule has 0 aromatic carbocycles. The monoisotopic (exact) mass is 373 g/mol. The molecule has 2 aliphatic rings. The minimum absolute atomic E-state index is 0. The van der Waals surface area contributed by atoms with Crippen LogP contribution in [0.2, 0.25) is 0 Å². The summed E-state index contributed by atoms with van der Waals surface area (Å²) >= 11 is 0. The maximum Gasteiger partial charge on any atom is 0.226 e. The SMILES string of the molecule is C[N+](C)(C)c1ccc(C2CC3CCCC2C3)cn1.I. The Hall–Kier alpha value is -0.160. The molecule has 2 bridgehead atoms. The van der Waals surface area contributed by atoms with Gasteiger partial charge in [0.2, 0.25) is 5.82 Å². The Balaban J connectivity index is 0.00000133. The van der Waals surface area contributed by atoms with Crippen LogP contribution in [0, 0.1) is 11.8 Å². The van der Waals surface area contributed by atoms with Gasteiger partial charge in [-0.3, -0.25) is 4.48 Å². The van der Waals surface area contributed by atoms with Crippen LogP contribution in [0.3, 0.4) is 0 Å². The normalized spacial score (nSPS) is 29.9. The van der Waals surface area contributed by atoms with Crippen molar-refractivity contribution >= 4 is 29.8 Å². The highest BCUT2D eigenvalue weighted by molar-refractivity contribution is 14.0. The smallest absolute Gasteiger partial charge is 0.226 e. The largest absolute Gasteiger partial charge is 0.282 e. The molecular formula is C16H26IN2+. The number of nitrogens with zero attached hydrogens (tertiary/aromatic N) is 2. The molecule has 0 radical (unpaired) electrons. The van der Waals surface area contributed by atoms with E-state index in [1.165, 1.54) is 37.7 Å². The zero-order chi connectivity index (χ0) is 12.8. The first-order chi connectivity index (χ1) is 8.54. The first kappa shape index (κ1) is 15.2. The van der Waals surface area contributed by atoms with Crippen molar-refractivity contribution in [2.24, 2.45) is 11.8 Å². The highest BCUT2D eigenvalue weighted by Gasteiger charge is 2.37. The van der Waals surface area contributed by atoms with Gasteiger partial charge in [0, 0.05) is 12.3 Å². The van der Waals surface area contributed by atoms with E-state index in [4.69, 9.17) is 0 Å². The Morgan fingerprint density at radius 2 is 1.89 bits per heavy atom. The molecule has 19 heavy (non-hydrogen) atoms. The molecule has 1 aromatic rings. The van der Waals surface area contributed by atoms with Crippen LogP contribution in [0.15, 0.2) is 18.3 Å². The fourth-order valence-corrected chi connectivity index (χ4v) is 3.89. The third-order valence-corrected chi connectivity index (χ3v) is 4.87. The molecule has 2 saturated carbocycles. The predicted octanol–water partition coefficient (Wildman–Crippen LogP) is 4.19. The van der Waals surface area contributed by atoms with Crippen molar-refractivity contribution in [1.29, 1.82) is 0 Å². The van der Waals surface area contributed by atoms with Gasteiger partial charge in [-0.15, -0.1) is 24.0 Å². The van der Waals surface area contributed by atoms with E-state index in [0.717, 1.165) is 28.1 Å². The summed E-state index contributed by atoms with van der Waals surface area (Å²) in [5, 5.41) is 0. The van der Waals surface area contributed by atoms with Gasteiger partial charge in [-0.25, -0.2) is 4.98 Å². The minimum Gasteiger partial charge on any atom is -0.282 e. The molecule has 3 unspecified atom stereocenters. The van der Waals surface area contributed by atoms with Gasteiger partial charge in [0.05, 0.1) is 21.1 Å². The van der Waals surface area contributed by atoms with Crippen LogP contribution in [-0.4, -0.2) is 26.1 Å². The summed E-state index contributed by atoms with van der Waals surface area (Å²) in [6.07, 6.45) is 9.40. The molecule has 3 atom stereocenters. The van der Waals surface area contributed by atoms with Crippen molar-refractivity contribution in [1.82, 2.24) is 9.47 Å². The van der Waals surface area contributed by atoms with Crippen LogP contribution in [0.5, 0.6) is 0 Å². The fourth-order valence-electron chi connectivity index (χ4n) is 3.89. The number of fused-ring (bicyclic) bond motifs is 2. The van der Waals surface area contributed by atoms with Crippen LogP contribution in [0.4, 0.5) is 5.82 Å². The quantitative estimate of drug-likeness (QED) is 0.560. The summed E-state index contributed by atoms with van der Waals surface area (Å²) < 4.78 is 0.803. The lowest BCUT2D eigenvalue weighted by molar-refractivity contribution is 0.350. The first-order valence-electron chi connectivity index (χ1n) is 7.32. The Kier molecular flexibility index (Phi) is 4.56. The molecule has 0 saturated heterocycles. The van der Waals surface area contributed by atoms with Gasteiger partial charge in [0.15, 0.2) is 0 Å². The van der Waals surface area contributed by atoms with E-state index in [-0.39, 0.29) is 24.0 Å². The molecule has 0 aliphatic heterocycles. The molecule has 0 N–H and O–H groups in total. The third kappa shape index (κ3) is 3.13. The fraction of sp³-hybridized carbons (Fsp3) is 0.688. The number of halogens is 1. The van der Waals surface area contributed by atoms with Crippen molar-refractivity contribution in [2.75, 3.05) is 21.1 Å². The third-order valence-electron chi connectivity index (χ3n) is 4.87. The lowest BCUT2D eigenvalue weighted by Crippen LogP contribution is -2.35. The Labute approximate surface area is 134 Å². The van der Waals surface area contributed by atoms with E-state index < -0.39 is 0 Å². The average Bonchev–Trinajstić information content (AvgIpc) is 2.63. The molecular weight excluding hydrogens is 347 g/mol. The van der Waals surface area contributed by atoms with Crippen LogP contribution in [0.25, 0.3) is 0 Å². The molecule has 2 nitrogen and oxygen atoms in total. The van der Waals surface area contributed by atoms with Gasteiger partial charge in [-0.05, 0) is 48.6 Å². The zero-order valence-corrected chi connectivity index (χ0v) is 14.6. The summed E-state index contributed by atoms with van der Waals surface area (Å²) in [5.41, 5.74) is 1.49. The molecule has 3 rings (SSSR count). The highest BCUT2D eigenvalue weighted by atomic mass is 127. The second kappa shape index (κ2) is 5.68. The maximum absolute atomic E-state index is 4.68. The summed E-state index contributed by atoms with van der Waals surface area (Å²) in [5.74, 6) is 3.90. The van der Waals surface area contributed by atoms with Crippen LogP contribution in [-0.2, 0) is 0 Å². The number of quaternary nitrogens is 1. The Morgan fingerprint density at radius 3 is 2.47 bits per heavy atom. The Morgan fingerprint density at radius 1 is 1.11 bits per heavy atom. The summed E-state index contributed by atoms with van der Waals surface area (Å²) in [4.78, 5) is 4.68. The second-order valence-electron chi connectivity index (χ2n) is 7.10. The van der Waals surface area contributed by atoms with Gasteiger partial charge < -0.3 is 0 Å². The van der Waals surface area contributed by atoms with E-state index in [9.17, 15) is 0 Å². The van der Waals surface area contributed by atoms with E-state index in [1.54, 1.807) is 0 Å². The van der Waals surface area contributed by atoms with E-state index in [0.29, 0.717) is 0 Å². The molecule has 106 valence electrons. The summed E-state index contributed by atoms with van der Waals surface area (Å²) in [6.45, 7) is 0. The molecule has 2 fully saturated rings. The molecule has 2 aliphatic carbocycles. The molecule has 3 heteroatoms. The van der Waals surface area contributed by atoms with E-state index in [1.807, 2.05) is 0 Å². The van der Waals surface area contributed by atoms with Gasteiger partial charge >= 0.3 is 0 Å². The van der Waals surface area contributed by atoms with Gasteiger partial charge in [0.25, 0.3) is 0 Å². The number of pyridine rings is 1. The molecule has 1 aromatic heterocycles. The highest BCUT2D eigenvalue weighted by Crippen LogP contribution is 2.50. The van der Waals surface area contributed by atoms with E-state index >= 15 is 0 Å². The summed E-state index contributed by atoms with van der Waals surface area (Å²) in [6, 6.07) is 4.55. The lowest BCUT2D eigenvalue weighted by Gasteiger charge is -2.23. The van der Waals surface area contributed by atoms with Gasteiger partial charge in [-0.2, -0.15) is 0 Å². The molecule has 0 amide bonds. The summed E-state index contributed by atoms with van der Waals surface area (Å²) in [7, 11) is 6.51. The topological polar surface area (TPSA) is 12.9 Å². The molecule has 1 heterocycles. The number of rotatable bonds is 2. The number of aromatic nitrogens is 1. The number of hydrogen-bond acceptors (Lipinski definition) is 1. The van der Waals surface area contributed by atoms with Crippen LogP contribution >= 0.6 is 24.0 Å². The minimum atomic E-state index is 0. The zero-order valence-electron chi connectivity index (χ0n) is 12.3. The van der Waals surface area contributed by atoms with Crippen molar-refractivity contribution in [2.45, 2.75) is 38.0 Å². The van der Waals surface area contributed by atoms with Crippen LogP contribution in [0.1, 0.15) is 43.6 Å². The van der Waals surface area contributed by atoms with Crippen molar-refractivity contribution in [3.8, 4) is 0 Å². The molecule has 0 spiro atoms. The van der Waals surface area contributed by atoms with Crippen molar-refractivity contribution in [3.63, 3.8) is 0 Å². The van der Waals surface area contributed by atoms with Gasteiger partial charge in [-0.1, -0.05) is 12.8 Å². The van der Waals surface area contributed by atoms with Crippen molar-refractivity contribution < 1.29 is 0 Å². The second-order valence-corrected chi connectivity index (χ2v) is 7.10. The first-order valence-corrected chi connectivity index (χ1v) is 7.32. The lowest BCUT2D eigenvalue weighted by atomic mass is 9.85. The van der Waals surface area contributed by atoms with Crippen molar-refractivity contribution in [3.05, 3.63) is 23.9 Å². The predicted molar refractivity (Wildman–Crippen MR) is 92.0 cm³/mol.